The lowest BCUT2D eigenvalue weighted by molar-refractivity contribution is -0.112. The van der Waals surface area contributed by atoms with Gasteiger partial charge in [-0.05, 0) is 30.9 Å². The number of aromatic nitrogens is 3. The third-order valence-electron chi connectivity index (χ3n) is 4.91. The zero-order valence-electron chi connectivity index (χ0n) is 15.8. The van der Waals surface area contributed by atoms with E-state index in [1.165, 1.54) is 12.5 Å². The summed E-state index contributed by atoms with van der Waals surface area (Å²) in [5.74, 6) is 4.80. The van der Waals surface area contributed by atoms with Crippen molar-refractivity contribution in [3.8, 4) is 11.8 Å². The Labute approximate surface area is 163 Å². The van der Waals surface area contributed by atoms with Gasteiger partial charge in [0.2, 0.25) is 0 Å². The van der Waals surface area contributed by atoms with E-state index in [1.54, 1.807) is 20.2 Å². The maximum absolute atomic E-state index is 13.1. The van der Waals surface area contributed by atoms with Crippen molar-refractivity contribution in [1.82, 2.24) is 19.2 Å². The molecule has 0 N–H and O–H groups in total. The van der Waals surface area contributed by atoms with E-state index in [4.69, 9.17) is 0 Å². The molecule has 2 amide bonds. The quantitative estimate of drug-likeness (QED) is 0.712. The van der Waals surface area contributed by atoms with Gasteiger partial charge in [-0.25, -0.2) is 4.21 Å². The Balaban J connectivity index is 1.61. The first-order valence-electron chi connectivity index (χ1n) is 9.08. The van der Waals surface area contributed by atoms with E-state index in [0.29, 0.717) is 29.4 Å². The van der Waals surface area contributed by atoms with Crippen molar-refractivity contribution in [3.05, 3.63) is 35.9 Å². The summed E-state index contributed by atoms with van der Waals surface area (Å²) in [4.78, 5) is 26.9. The Morgan fingerprint density at radius 1 is 1.32 bits per heavy atom. The molecule has 1 fully saturated rings. The number of carbonyl (C=O) groups excluding carboxylic acids is 2. The van der Waals surface area contributed by atoms with Crippen molar-refractivity contribution in [2.45, 2.75) is 30.8 Å². The summed E-state index contributed by atoms with van der Waals surface area (Å²) in [5.41, 5.74) is 1.23. The topological polar surface area (TPSA) is 89.6 Å². The number of rotatable bonds is 2. The Morgan fingerprint density at radius 2 is 2.11 bits per heavy atom. The van der Waals surface area contributed by atoms with Gasteiger partial charge >= 0.3 is 5.91 Å². The van der Waals surface area contributed by atoms with Gasteiger partial charge in [0.25, 0.3) is 5.91 Å². The van der Waals surface area contributed by atoms with Crippen molar-refractivity contribution in [2.75, 3.05) is 12.8 Å². The standard InChI is InChI=1S/C19H21N5O3S/c1-22-9-3-4-15(22)19(26)23-10-11-24-16(13-23)17(12-20-24)28(2,27)21-18(25)8-7-14-5-6-14/h3-4,9,12,14H,5-6,10-11,13H2,1-2H3. The summed E-state index contributed by atoms with van der Waals surface area (Å²) in [6, 6.07) is 3.59. The van der Waals surface area contributed by atoms with Crippen LogP contribution in [0, 0.1) is 17.8 Å². The Bertz CT molecular complexity index is 1140. The van der Waals surface area contributed by atoms with Crippen LogP contribution in [0.4, 0.5) is 0 Å². The van der Waals surface area contributed by atoms with Crippen LogP contribution in [0.15, 0.2) is 33.8 Å². The third-order valence-corrected chi connectivity index (χ3v) is 6.58. The first-order chi connectivity index (χ1) is 13.3. The molecule has 2 aromatic rings. The van der Waals surface area contributed by atoms with Gasteiger partial charge in [-0.2, -0.15) is 5.10 Å². The van der Waals surface area contributed by atoms with Crippen LogP contribution in [0.2, 0.25) is 0 Å². The van der Waals surface area contributed by atoms with E-state index >= 15 is 0 Å². The normalized spacial score (nSPS) is 17.9. The molecule has 1 aliphatic carbocycles. The highest BCUT2D eigenvalue weighted by atomic mass is 32.2. The third kappa shape index (κ3) is 3.60. The lowest BCUT2D eigenvalue weighted by atomic mass is 10.2. The molecule has 4 rings (SSSR count). The van der Waals surface area contributed by atoms with Gasteiger partial charge in [-0.3, -0.25) is 14.3 Å². The monoisotopic (exact) mass is 399 g/mol. The largest absolute Gasteiger partial charge is 0.347 e. The number of carbonyl (C=O) groups is 2. The Hall–Kier alpha value is -2.86. The van der Waals surface area contributed by atoms with Crippen molar-refractivity contribution < 1.29 is 13.8 Å². The second-order valence-corrected chi connectivity index (χ2v) is 9.38. The first kappa shape index (κ1) is 18.5. The Kier molecular flexibility index (Phi) is 4.59. The molecule has 146 valence electrons. The number of hydrogen-bond acceptors (Lipinski definition) is 4. The molecular formula is C19H21N5O3S. The van der Waals surface area contributed by atoms with Crippen LogP contribution in [-0.2, 0) is 34.7 Å². The van der Waals surface area contributed by atoms with Crippen molar-refractivity contribution in [2.24, 2.45) is 17.3 Å². The van der Waals surface area contributed by atoms with Crippen LogP contribution in [0.5, 0.6) is 0 Å². The first-order valence-corrected chi connectivity index (χ1v) is 11.0. The minimum Gasteiger partial charge on any atom is -0.347 e. The molecule has 0 spiro atoms. The summed E-state index contributed by atoms with van der Waals surface area (Å²) in [5, 5.41) is 4.28. The van der Waals surface area contributed by atoms with Crippen LogP contribution < -0.4 is 0 Å². The zero-order chi connectivity index (χ0) is 19.9. The summed E-state index contributed by atoms with van der Waals surface area (Å²) in [6.07, 6.45) is 6.73. The molecule has 28 heavy (non-hydrogen) atoms. The molecule has 0 bridgehead atoms. The second-order valence-electron chi connectivity index (χ2n) is 7.15. The summed E-state index contributed by atoms with van der Waals surface area (Å²) in [7, 11) is -1.18. The minimum atomic E-state index is -3.00. The molecular weight excluding hydrogens is 378 g/mol. The molecule has 8 nitrogen and oxygen atoms in total. The number of amides is 2. The molecule has 0 saturated heterocycles. The SMILES string of the molecule is Cn1cccc1C(=O)N1CCn2ncc(S(C)(=O)=NC(=O)C#CC3CC3)c2C1. The van der Waals surface area contributed by atoms with Gasteiger partial charge in [0, 0.05) is 32.0 Å². The Morgan fingerprint density at radius 3 is 2.79 bits per heavy atom. The van der Waals surface area contributed by atoms with Crippen molar-refractivity contribution in [1.29, 1.82) is 0 Å². The number of nitrogens with zero attached hydrogens (tertiary/aromatic N) is 5. The molecule has 0 radical (unpaired) electrons. The van der Waals surface area contributed by atoms with Crippen LogP contribution >= 0.6 is 0 Å². The highest BCUT2D eigenvalue weighted by Gasteiger charge is 2.28. The van der Waals surface area contributed by atoms with Gasteiger partial charge in [0.1, 0.15) is 5.69 Å². The second kappa shape index (κ2) is 6.95. The number of aryl methyl sites for hydroxylation is 1. The van der Waals surface area contributed by atoms with Crippen LogP contribution in [0.3, 0.4) is 0 Å². The minimum absolute atomic E-state index is 0.100. The molecule has 9 heteroatoms. The van der Waals surface area contributed by atoms with Crippen molar-refractivity contribution >= 4 is 21.5 Å². The summed E-state index contributed by atoms with van der Waals surface area (Å²) >= 11 is 0. The zero-order valence-corrected chi connectivity index (χ0v) is 16.6. The molecule has 1 saturated carbocycles. The molecule has 1 atom stereocenters. The molecule has 0 aromatic carbocycles. The van der Waals surface area contributed by atoms with E-state index in [2.05, 4.69) is 21.3 Å². The lowest BCUT2D eigenvalue weighted by Gasteiger charge is -2.28. The van der Waals surface area contributed by atoms with E-state index in [1.807, 2.05) is 19.3 Å². The molecule has 2 aliphatic rings. The fourth-order valence-electron chi connectivity index (χ4n) is 3.18. The molecule has 2 aromatic heterocycles. The van der Waals surface area contributed by atoms with Gasteiger partial charge < -0.3 is 9.47 Å². The predicted molar refractivity (Wildman–Crippen MR) is 103 cm³/mol. The lowest BCUT2D eigenvalue weighted by Crippen LogP contribution is -2.39. The smallest absolute Gasteiger partial charge is 0.330 e. The van der Waals surface area contributed by atoms with Gasteiger partial charge in [0.15, 0.2) is 0 Å². The average Bonchev–Trinajstić information content (AvgIpc) is 3.22. The fourth-order valence-corrected chi connectivity index (χ4v) is 4.49. The molecule has 1 aliphatic heterocycles. The van der Waals surface area contributed by atoms with Crippen LogP contribution in [0.25, 0.3) is 0 Å². The van der Waals surface area contributed by atoms with Gasteiger partial charge in [-0.1, -0.05) is 5.92 Å². The van der Waals surface area contributed by atoms with Crippen molar-refractivity contribution in [3.63, 3.8) is 0 Å². The van der Waals surface area contributed by atoms with E-state index in [0.717, 1.165) is 12.8 Å². The van der Waals surface area contributed by atoms with Gasteiger partial charge in [-0.15, -0.1) is 4.36 Å². The highest BCUT2D eigenvalue weighted by Crippen LogP contribution is 2.27. The van der Waals surface area contributed by atoms with E-state index in [-0.39, 0.29) is 18.4 Å². The van der Waals surface area contributed by atoms with Crippen LogP contribution in [0.1, 0.15) is 29.0 Å². The van der Waals surface area contributed by atoms with Gasteiger partial charge in [0.05, 0.1) is 39.6 Å². The number of fused-ring (bicyclic) bond motifs is 1. The maximum atomic E-state index is 13.1. The average molecular weight is 399 g/mol. The number of hydrogen-bond donors (Lipinski definition) is 0. The van der Waals surface area contributed by atoms with E-state index in [9.17, 15) is 13.8 Å². The van der Waals surface area contributed by atoms with E-state index < -0.39 is 15.6 Å². The molecule has 1 unspecified atom stereocenters. The maximum Gasteiger partial charge on any atom is 0.330 e. The summed E-state index contributed by atoms with van der Waals surface area (Å²) in [6.45, 7) is 1.27. The molecule has 3 heterocycles. The predicted octanol–water partition coefficient (Wildman–Crippen LogP) is 1.27. The fraction of sp³-hybridized carbons (Fsp3) is 0.421. The highest BCUT2D eigenvalue weighted by molar-refractivity contribution is 7.93. The van der Waals surface area contributed by atoms with Crippen LogP contribution in [-0.4, -0.2) is 48.1 Å². The summed E-state index contributed by atoms with van der Waals surface area (Å²) < 4.78 is 20.5.